The molecule has 5 atom stereocenters. The van der Waals surface area contributed by atoms with Crippen molar-refractivity contribution in [3.63, 3.8) is 0 Å². The van der Waals surface area contributed by atoms with Crippen LogP contribution in [-0.2, 0) is 19.1 Å². The van der Waals surface area contributed by atoms with Crippen molar-refractivity contribution in [2.24, 2.45) is 23.7 Å². The van der Waals surface area contributed by atoms with Gasteiger partial charge in [-0.25, -0.2) is 0 Å². The van der Waals surface area contributed by atoms with E-state index in [1.54, 1.807) is 11.8 Å². The Morgan fingerprint density at radius 1 is 1.16 bits per heavy atom. The predicted octanol–water partition coefficient (Wildman–Crippen LogP) is 2.43. The Labute approximate surface area is 185 Å². The Bertz CT molecular complexity index is 673. The van der Waals surface area contributed by atoms with Crippen molar-refractivity contribution in [1.29, 1.82) is 0 Å². The molecule has 1 saturated heterocycles. The summed E-state index contributed by atoms with van der Waals surface area (Å²) in [7, 11) is 0. The van der Waals surface area contributed by atoms with Crippen LogP contribution >= 0.6 is 0 Å². The number of hydrogen-bond acceptors (Lipinski definition) is 5. The van der Waals surface area contributed by atoms with Crippen molar-refractivity contribution in [3.05, 3.63) is 12.2 Å². The average Bonchev–Trinajstić information content (AvgIpc) is 3.04. The number of aliphatic hydroxyl groups excluding tert-OH is 1. The highest BCUT2D eigenvalue weighted by Gasteiger charge is 2.57. The van der Waals surface area contributed by atoms with Gasteiger partial charge in [-0.15, -0.1) is 0 Å². The van der Waals surface area contributed by atoms with Crippen LogP contribution in [-0.4, -0.2) is 59.6 Å². The first-order chi connectivity index (χ1) is 15.0. The Balaban J connectivity index is 1.83. The Hall–Kier alpha value is -1.89. The molecule has 2 fully saturated rings. The number of allylic oxidation sites excluding steroid dienone is 1. The summed E-state index contributed by atoms with van der Waals surface area (Å²) in [5.41, 5.74) is 0. The van der Waals surface area contributed by atoms with Crippen LogP contribution in [0.5, 0.6) is 0 Å². The molecule has 1 saturated carbocycles. The molecule has 7 heteroatoms. The van der Waals surface area contributed by atoms with E-state index in [9.17, 15) is 14.4 Å². The third kappa shape index (κ3) is 5.30. The third-order valence-corrected chi connectivity index (χ3v) is 7.11. The van der Waals surface area contributed by atoms with Crippen molar-refractivity contribution in [2.45, 2.75) is 77.3 Å². The van der Waals surface area contributed by atoms with E-state index in [2.05, 4.69) is 5.32 Å². The van der Waals surface area contributed by atoms with Gasteiger partial charge in [-0.3, -0.25) is 14.4 Å². The summed E-state index contributed by atoms with van der Waals surface area (Å²) < 4.78 is 5.30. The first-order valence-electron chi connectivity index (χ1n) is 12.1. The summed E-state index contributed by atoms with van der Waals surface area (Å²) in [6.45, 7) is 4.56. The van der Waals surface area contributed by atoms with E-state index in [0.717, 1.165) is 38.5 Å². The van der Waals surface area contributed by atoms with Gasteiger partial charge in [0.2, 0.25) is 11.8 Å². The summed E-state index contributed by atoms with van der Waals surface area (Å²) in [6.07, 6.45) is 11.5. The fraction of sp³-hybridized carbons (Fsp3) is 0.792. The van der Waals surface area contributed by atoms with Crippen LogP contribution < -0.4 is 5.32 Å². The van der Waals surface area contributed by atoms with Crippen LogP contribution in [0.2, 0.25) is 0 Å². The number of nitrogens with one attached hydrogen (secondary N) is 1. The molecule has 0 aromatic heterocycles. The van der Waals surface area contributed by atoms with Gasteiger partial charge < -0.3 is 20.1 Å². The fourth-order valence-electron chi connectivity index (χ4n) is 5.54. The van der Waals surface area contributed by atoms with Gasteiger partial charge in [0.05, 0.1) is 18.4 Å². The fourth-order valence-corrected chi connectivity index (χ4v) is 5.54. The second-order valence-electron chi connectivity index (χ2n) is 9.23. The van der Waals surface area contributed by atoms with E-state index in [-0.39, 0.29) is 48.9 Å². The minimum Gasteiger partial charge on any atom is -0.466 e. The standard InChI is InChI=1S/C24H38N2O5/c1-3-31-24(30)19-16(2)12-13-18-20(19)23(29)26(14-8-5-9-15-27)21(18)22(28)25-17-10-6-4-7-11-17/h12-13,16-21,27H,3-11,14-15H2,1-2H3,(H,25,28)/t16-,18+,19-,20+,21+/m1/s1. The van der Waals surface area contributed by atoms with E-state index in [4.69, 9.17) is 9.84 Å². The second kappa shape index (κ2) is 11.1. The van der Waals surface area contributed by atoms with Gasteiger partial charge in [-0.2, -0.15) is 0 Å². The number of aliphatic hydroxyl groups is 1. The number of fused-ring (bicyclic) bond motifs is 1. The molecule has 0 bridgehead atoms. The first-order valence-corrected chi connectivity index (χ1v) is 12.1. The maximum Gasteiger partial charge on any atom is 0.310 e. The maximum atomic E-state index is 13.5. The first kappa shape index (κ1) is 23.8. The molecule has 0 unspecified atom stereocenters. The number of nitrogens with zero attached hydrogens (tertiary/aromatic N) is 1. The molecule has 2 aliphatic carbocycles. The molecule has 0 aromatic rings. The Morgan fingerprint density at radius 2 is 1.90 bits per heavy atom. The second-order valence-corrected chi connectivity index (χ2v) is 9.23. The number of unbranched alkanes of at least 4 members (excludes halogenated alkanes) is 2. The SMILES string of the molecule is CCOC(=O)[C@H]1[C@H]2C(=O)N(CCCCCO)[C@H](C(=O)NC3CCCCC3)[C@H]2C=C[C@H]1C. The van der Waals surface area contributed by atoms with Crippen molar-refractivity contribution in [3.8, 4) is 0 Å². The highest BCUT2D eigenvalue weighted by molar-refractivity contribution is 5.96. The minimum absolute atomic E-state index is 0.100. The Morgan fingerprint density at radius 3 is 2.58 bits per heavy atom. The van der Waals surface area contributed by atoms with Crippen LogP contribution in [0.25, 0.3) is 0 Å². The third-order valence-electron chi connectivity index (χ3n) is 7.11. The van der Waals surface area contributed by atoms with E-state index in [1.807, 2.05) is 19.1 Å². The van der Waals surface area contributed by atoms with E-state index >= 15 is 0 Å². The van der Waals surface area contributed by atoms with Crippen LogP contribution in [0.3, 0.4) is 0 Å². The number of rotatable bonds is 9. The molecule has 3 rings (SSSR count). The minimum atomic E-state index is -0.589. The van der Waals surface area contributed by atoms with Gasteiger partial charge in [0, 0.05) is 25.1 Å². The lowest BCUT2D eigenvalue weighted by Gasteiger charge is -2.33. The van der Waals surface area contributed by atoms with E-state index in [0.29, 0.717) is 13.0 Å². The molecule has 2 amide bonds. The van der Waals surface area contributed by atoms with Crippen molar-refractivity contribution in [2.75, 3.05) is 19.8 Å². The largest absolute Gasteiger partial charge is 0.466 e. The normalized spacial score (nSPS) is 30.9. The molecular formula is C24H38N2O5. The highest BCUT2D eigenvalue weighted by Crippen LogP contribution is 2.44. The Kier molecular flexibility index (Phi) is 8.52. The molecular weight excluding hydrogens is 396 g/mol. The molecule has 0 spiro atoms. The number of hydrogen-bond donors (Lipinski definition) is 2. The van der Waals surface area contributed by atoms with Crippen LogP contribution in [0, 0.1) is 23.7 Å². The van der Waals surface area contributed by atoms with Gasteiger partial charge in [0.25, 0.3) is 0 Å². The summed E-state index contributed by atoms with van der Waals surface area (Å²) in [4.78, 5) is 41.4. The average molecular weight is 435 g/mol. The predicted molar refractivity (Wildman–Crippen MR) is 117 cm³/mol. The molecule has 0 aromatic carbocycles. The van der Waals surface area contributed by atoms with Crippen LogP contribution in [0.1, 0.15) is 65.2 Å². The van der Waals surface area contributed by atoms with Gasteiger partial charge in [0.1, 0.15) is 6.04 Å². The van der Waals surface area contributed by atoms with Crippen molar-refractivity contribution < 1.29 is 24.2 Å². The number of esters is 1. The monoisotopic (exact) mass is 434 g/mol. The molecule has 1 aliphatic heterocycles. The molecule has 3 aliphatic rings. The molecule has 174 valence electrons. The summed E-state index contributed by atoms with van der Waals surface area (Å²) in [5.74, 6) is -2.12. The zero-order chi connectivity index (χ0) is 22.4. The zero-order valence-electron chi connectivity index (χ0n) is 18.9. The van der Waals surface area contributed by atoms with Gasteiger partial charge in [-0.1, -0.05) is 38.3 Å². The lowest BCUT2D eigenvalue weighted by atomic mass is 9.70. The number of carbonyl (C=O) groups excluding carboxylic acids is 3. The quantitative estimate of drug-likeness (QED) is 0.330. The number of amides is 2. The molecule has 2 N–H and O–H groups in total. The number of ether oxygens (including phenoxy) is 1. The number of carbonyl (C=O) groups is 3. The zero-order valence-corrected chi connectivity index (χ0v) is 18.9. The number of likely N-dealkylation sites (tertiary alicyclic amines) is 1. The smallest absolute Gasteiger partial charge is 0.310 e. The van der Waals surface area contributed by atoms with Crippen molar-refractivity contribution >= 4 is 17.8 Å². The van der Waals surface area contributed by atoms with Gasteiger partial charge in [-0.05, 0) is 44.9 Å². The highest BCUT2D eigenvalue weighted by atomic mass is 16.5. The topological polar surface area (TPSA) is 95.9 Å². The van der Waals surface area contributed by atoms with Gasteiger partial charge >= 0.3 is 5.97 Å². The molecule has 31 heavy (non-hydrogen) atoms. The van der Waals surface area contributed by atoms with Gasteiger partial charge in [0.15, 0.2) is 0 Å². The van der Waals surface area contributed by atoms with Crippen LogP contribution in [0.15, 0.2) is 12.2 Å². The summed E-state index contributed by atoms with van der Waals surface area (Å²) in [6, 6.07) is -0.423. The van der Waals surface area contributed by atoms with E-state index < -0.39 is 17.9 Å². The summed E-state index contributed by atoms with van der Waals surface area (Å²) in [5, 5.41) is 12.3. The molecule has 0 radical (unpaired) electrons. The lowest BCUT2D eigenvalue weighted by molar-refractivity contribution is -0.155. The molecule has 7 nitrogen and oxygen atoms in total. The van der Waals surface area contributed by atoms with E-state index in [1.165, 1.54) is 6.42 Å². The molecule has 1 heterocycles. The summed E-state index contributed by atoms with van der Waals surface area (Å²) >= 11 is 0. The van der Waals surface area contributed by atoms with Crippen molar-refractivity contribution in [1.82, 2.24) is 10.2 Å². The maximum absolute atomic E-state index is 13.5. The van der Waals surface area contributed by atoms with Crippen LogP contribution in [0.4, 0.5) is 0 Å². The lowest BCUT2D eigenvalue weighted by Crippen LogP contribution is -2.50.